The molecular formula is C19H17BN2O3. The molecule has 1 aliphatic heterocycles. The normalized spacial score (nSPS) is 13.1. The standard InChI is InChI=1S/C19H17BN2O3/c1-13-17(11-21-22(13)16-5-3-2-4-6-16)19(23)10-14-7-8-15-12-25-20(24)18(15)9-14/h2-9,11,24H,10,12H2,1H3. The molecule has 0 saturated heterocycles. The average Bonchev–Trinajstić information content (AvgIpc) is 3.19. The molecule has 0 atom stereocenters. The topological polar surface area (TPSA) is 64.3 Å². The fourth-order valence-electron chi connectivity index (χ4n) is 3.17. The Kier molecular flexibility index (Phi) is 3.99. The van der Waals surface area contributed by atoms with Crippen molar-refractivity contribution in [2.24, 2.45) is 0 Å². The van der Waals surface area contributed by atoms with Crippen molar-refractivity contribution in [2.75, 3.05) is 0 Å². The summed E-state index contributed by atoms with van der Waals surface area (Å²) in [4.78, 5) is 12.7. The predicted octanol–water partition coefficient (Wildman–Crippen LogP) is 1.82. The molecule has 2 heterocycles. The van der Waals surface area contributed by atoms with Crippen LogP contribution in [-0.2, 0) is 17.7 Å². The molecule has 0 saturated carbocycles. The second-order valence-electron chi connectivity index (χ2n) is 6.19. The minimum atomic E-state index is -0.896. The van der Waals surface area contributed by atoms with Gasteiger partial charge in [0, 0.05) is 6.42 Å². The smallest absolute Gasteiger partial charge is 0.423 e. The molecule has 0 spiro atoms. The van der Waals surface area contributed by atoms with Gasteiger partial charge >= 0.3 is 7.12 Å². The van der Waals surface area contributed by atoms with E-state index >= 15 is 0 Å². The lowest BCUT2D eigenvalue weighted by atomic mass is 9.78. The molecule has 4 rings (SSSR count). The number of Topliss-reactive ketones (excluding diaryl/α,β-unsaturated/α-hetero) is 1. The molecule has 2 aromatic carbocycles. The van der Waals surface area contributed by atoms with E-state index in [2.05, 4.69) is 5.10 Å². The van der Waals surface area contributed by atoms with E-state index in [-0.39, 0.29) is 12.2 Å². The monoisotopic (exact) mass is 332 g/mol. The van der Waals surface area contributed by atoms with E-state index in [1.165, 1.54) is 0 Å². The van der Waals surface area contributed by atoms with E-state index in [0.29, 0.717) is 12.2 Å². The Labute approximate surface area is 146 Å². The zero-order valence-electron chi connectivity index (χ0n) is 13.8. The molecule has 6 heteroatoms. The number of carbonyl (C=O) groups is 1. The second-order valence-corrected chi connectivity index (χ2v) is 6.19. The van der Waals surface area contributed by atoms with Gasteiger partial charge in [0.15, 0.2) is 5.78 Å². The van der Waals surface area contributed by atoms with Crippen LogP contribution in [0.3, 0.4) is 0 Å². The maximum Gasteiger partial charge on any atom is 0.491 e. The van der Waals surface area contributed by atoms with Gasteiger partial charge in [-0.15, -0.1) is 0 Å². The van der Waals surface area contributed by atoms with Gasteiger partial charge in [-0.25, -0.2) is 4.68 Å². The van der Waals surface area contributed by atoms with Crippen LogP contribution >= 0.6 is 0 Å². The Hall–Kier alpha value is -2.70. The van der Waals surface area contributed by atoms with E-state index in [1.807, 2.05) is 55.5 Å². The average molecular weight is 332 g/mol. The highest BCUT2D eigenvalue weighted by Crippen LogP contribution is 2.17. The number of aromatic nitrogens is 2. The molecular weight excluding hydrogens is 315 g/mol. The molecule has 25 heavy (non-hydrogen) atoms. The number of fused-ring (bicyclic) bond motifs is 1. The van der Waals surface area contributed by atoms with Crippen LogP contribution in [0.5, 0.6) is 0 Å². The first-order valence-electron chi connectivity index (χ1n) is 8.18. The first-order chi connectivity index (χ1) is 12.1. The SMILES string of the molecule is Cc1c(C(=O)Cc2ccc3c(c2)B(O)OC3)cnn1-c1ccccc1. The van der Waals surface area contributed by atoms with Crippen molar-refractivity contribution in [3.8, 4) is 5.69 Å². The van der Waals surface area contributed by atoms with Gasteiger partial charge in [-0.1, -0.05) is 36.4 Å². The number of benzene rings is 2. The highest BCUT2D eigenvalue weighted by atomic mass is 16.5. The fraction of sp³-hybridized carbons (Fsp3) is 0.158. The van der Waals surface area contributed by atoms with Gasteiger partial charge in [-0.3, -0.25) is 4.79 Å². The van der Waals surface area contributed by atoms with E-state index in [4.69, 9.17) is 4.65 Å². The Morgan fingerprint density at radius 3 is 2.88 bits per heavy atom. The van der Waals surface area contributed by atoms with Gasteiger partial charge in [0.1, 0.15) is 0 Å². The summed E-state index contributed by atoms with van der Waals surface area (Å²) in [6, 6.07) is 15.4. The van der Waals surface area contributed by atoms with Crippen molar-refractivity contribution in [2.45, 2.75) is 20.0 Å². The molecule has 0 amide bonds. The summed E-state index contributed by atoms with van der Waals surface area (Å²) in [5.74, 6) is 0.00744. The number of hydrogen-bond donors (Lipinski definition) is 1. The highest BCUT2D eigenvalue weighted by Gasteiger charge is 2.27. The van der Waals surface area contributed by atoms with E-state index in [0.717, 1.165) is 28.0 Å². The van der Waals surface area contributed by atoms with Crippen LogP contribution in [0, 0.1) is 6.92 Å². The van der Waals surface area contributed by atoms with Gasteiger partial charge < -0.3 is 9.68 Å². The van der Waals surface area contributed by atoms with E-state index < -0.39 is 7.12 Å². The summed E-state index contributed by atoms with van der Waals surface area (Å²) < 4.78 is 6.97. The molecule has 0 unspecified atom stereocenters. The van der Waals surface area contributed by atoms with Crippen molar-refractivity contribution >= 4 is 18.4 Å². The number of para-hydroxylation sites is 1. The Bertz CT molecular complexity index is 937. The van der Waals surface area contributed by atoms with Crippen molar-refractivity contribution in [3.63, 3.8) is 0 Å². The number of nitrogens with zero attached hydrogens (tertiary/aromatic N) is 2. The molecule has 1 aliphatic rings. The second kappa shape index (κ2) is 6.31. The third-order valence-corrected chi connectivity index (χ3v) is 4.55. The Morgan fingerprint density at radius 2 is 2.08 bits per heavy atom. The number of ketones is 1. The quantitative estimate of drug-likeness (QED) is 0.585. The van der Waals surface area contributed by atoms with Crippen LogP contribution in [0.1, 0.15) is 27.2 Å². The molecule has 0 bridgehead atoms. The van der Waals surface area contributed by atoms with Gasteiger partial charge in [0.25, 0.3) is 0 Å². The Morgan fingerprint density at radius 1 is 1.28 bits per heavy atom. The van der Waals surface area contributed by atoms with Crippen LogP contribution in [0.2, 0.25) is 0 Å². The molecule has 1 N–H and O–H groups in total. The summed E-state index contributed by atoms with van der Waals surface area (Å²) in [5, 5.41) is 14.2. The van der Waals surface area contributed by atoms with Crippen LogP contribution in [0.4, 0.5) is 0 Å². The van der Waals surface area contributed by atoms with Gasteiger partial charge in [-0.2, -0.15) is 5.10 Å². The molecule has 0 aliphatic carbocycles. The molecule has 5 nitrogen and oxygen atoms in total. The summed E-state index contributed by atoms with van der Waals surface area (Å²) in [6.45, 7) is 2.31. The van der Waals surface area contributed by atoms with Gasteiger partial charge in [-0.05, 0) is 35.6 Å². The zero-order chi connectivity index (χ0) is 17.4. The third kappa shape index (κ3) is 2.90. The largest absolute Gasteiger partial charge is 0.491 e. The van der Waals surface area contributed by atoms with Crippen LogP contribution in [0.25, 0.3) is 5.69 Å². The van der Waals surface area contributed by atoms with Crippen LogP contribution in [-0.4, -0.2) is 27.7 Å². The summed E-state index contributed by atoms with van der Waals surface area (Å²) in [5.41, 5.74) is 4.94. The lowest BCUT2D eigenvalue weighted by molar-refractivity contribution is 0.0992. The highest BCUT2D eigenvalue weighted by molar-refractivity contribution is 6.61. The van der Waals surface area contributed by atoms with Crippen LogP contribution in [0.15, 0.2) is 54.7 Å². The first kappa shape index (κ1) is 15.8. The minimum absolute atomic E-state index is 0.00744. The fourth-order valence-corrected chi connectivity index (χ4v) is 3.17. The Balaban J connectivity index is 1.58. The molecule has 0 fully saturated rings. The maximum absolute atomic E-state index is 12.7. The predicted molar refractivity (Wildman–Crippen MR) is 95.2 cm³/mol. The maximum atomic E-state index is 12.7. The van der Waals surface area contributed by atoms with Gasteiger partial charge in [0.2, 0.25) is 0 Å². The zero-order valence-corrected chi connectivity index (χ0v) is 13.8. The summed E-state index contributed by atoms with van der Waals surface area (Å²) in [6.07, 6.45) is 1.89. The lowest BCUT2D eigenvalue weighted by Crippen LogP contribution is -2.28. The van der Waals surface area contributed by atoms with Crippen molar-refractivity contribution < 1.29 is 14.5 Å². The van der Waals surface area contributed by atoms with E-state index in [9.17, 15) is 9.82 Å². The van der Waals surface area contributed by atoms with Crippen LogP contribution < -0.4 is 5.46 Å². The molecule has 1 aromatic heterocycles. The number of rotatable bonds is 4. The van der Waals surface area contributed by atoms with Crippen molar-refractivity contribution in [3.05, 3.63) is 77.1 Å². The molecule has 0 radical (unpaired) electrons. The molecule has 3 aromatic rings. The first-order valence-corrected chi connectivity index (χ1v) is 8.18. The minimum Gasteiger partial charge on any atom is -0.423 e. The van der Waals surface area contributed by atoms with Crippen molar-refractivity contribution in [1.82, 2.24) is 9.78 Å². The summed E-state index contributed by atoms with van der Waals surface area (Å²) in [7, 11) is -0.896. The third-order valence-electron chi connectivity index (χ3n) is 4.55. The van der Waals surface area contributed by atoms with Crippen molar-refractivity contribution in [1.29, 1.82) is 0 Å². The van der Waals surface area contributed by atoms with Gasteiger partial charge in [0.05, 0.1) is 29.7 Å². The molecule has 124 valence electrons. The lowest BCUT2D eigenvalue weighted by Gasteiger charge is -2.06. The number of hydrogen-bond acceptors (Lipinski definition) is 4. The summed E-state index contributed by atoms with van der Waals surface area (Å²) >= 11 is 0. The van der Waals surface area contributed by atoms with E-state index in [1.54, 1.807) is 10.9 Å². The number of carbonyl (C=O) groups excluding carboxylic acids is 1.